The number of nitrogens with one attached hydrogen (secondary N) is 5. The quantitative estimate of drug-likeness (QED) is 0.385. The van der Waals surface area contributed by atoms with Crippen LogP contribution in [0.4, 0.5) is 0 Å². The van der Waals surface area contributed by atoms with Gasteiger partial charge in [0.05, 0.1) is 5.25 Å². The summed E-state index contributed by atoms with van der Waals surface area (Å²) < 4.78 is 24.0. The molecule has 0 aromatic carbocycles. The van der Waals surface area contributed by atoms with Gasteiger partial charge in [0.25, 0.3) is 0 Å². The van der Waals surface area contributed by atoms with E-state index in [2.05, 4.69) is 33.5 Å². The summed E-state index contributed by atoms with van der Waals surface area (Å²) in [6, 6.07) is 1.04. The van der Waals surface area contributed by atoms with Gasteiger partial charge in [-0.05, 0) is 89.3 Å². The van der Waals surface area contributed by atoms with Gasteiger partial charge in [-0.1, -0.05) is 13.3 Å². The maximum Gasteiger partial charge on any atom is 0.223 e. The van der Waals surface area contributed by atoms with Crippen LogP contribution in [0.1, 0.15) is 71.1 Å². The third-order valence-corrected chi connectivity index (χ3v) is 10.3. The number of hydrogen-bond acceptors (Lipinski definition) is 7. The smallest absolute Gasteiger partial charge is 0.223 e. The summed E-state index contributed by atoms with van der Waals surface area (Å²) in [7, 11) is -3.08. The van der Waals surface area contributed by atoms with Gasteiger partial charge in [-0.3, -0.25) is 20.7 Å². The predicted molar refractivity (Wildman–Crippen MR) is 131 cm³/mol. The molecule has 2 saturated carbocycles. The molecule has 0 bridgehead atoms. The number of rotatable bonds is 6. The predicted octanol–water partition coefficient (Wildman–Crippen LogP) is 1.09. The van der Waals surface area contributed by atoms with Crippen LogP contribution >= 0.6 is 0 Å². The van der Waals surface area contributed by atoms with Crippen LogP contribution in [-0.2, 0) is 14.6 Å². The van der Waals surface area contributed by atoms with Crippen molar-refractivity contribution in [1.29, 1.82) is 0 Å². The van der Waals surface area contributed by atoms with Gasteiger partial charge in [-0.2, -0.15) is 0 Å². The molecule has 4 aliphatic rings. The van der Waals surface area contributed by atoms with Gasteiger partial charge < -0.3 is 10.6 Å². The van der Waals surface area contributed by atoms with Crippen molar-refractivity contribution < 1.29 is 13.2 Å². The van der Waals surface area contributed by atoms with Crippen molar-refractivity contribution in [3.8, 4) is 0 Å². The van der Waals surface area contributed by atoms with Gasteiger partial charge in [0.2, 0.25) is 5.91 Å². The fourth-order valence-electron chi connectivity index (χ4n) is 6.43. The van der Waals surface area contributed by atoms with Gasteiger partial charge in [0.1, 0.15) is 16.1 Å². The number of piperidine rings is 1. The molecule has 190 valence electrons. The number of sulfone groups is 1. The van der Waals surface area contributed by atoms with E-state index in [9.17, 15) is 13.2 Å². The van der Waals surface area contributed by atoms with Crippen LogP contribution in [0.3, 0.4) is 0 Å². The van der Waals surface area contributed by atoms with E-state index in [4.69, 9.17) is 0 Å². The first-order valence-electron chi connectivity index (χ1n) is 13.2. The zero-order valence-corrected chi connectivity index (χ0v) is 21.3. The Hall–Kier alpha value is -0.740. The lowest BCUT2D eigenvalue weighted by molar-refractivity contribution is -0.127. The molecule has 8 atom stereocenters. The third kappa shape index (κ3) is 6.90. The Kier molecular flexibility index (Phi) is 8.71. The first-order valence-corrected chi connectivity index (χ1v) is 15.2. The molecule has 4 rings (SSSR count). The van der Waals surface area contributed by atoms with E-state index in [1.165, 1.54) is 25.5 Å². The van der Waals surface area contributed by atoms with E-state index in [-0.39, 0.29) is 29.4 Å². The van der Waals surface area contributed by atoms with Crippen molar-refractivity contribution in [2.45, 2.75) is 101 Å². The van der Waals surface area contributed by atoms with Gasteiger partial charge >= 0.3 is 0 Å². The standard InChI is InChI=1S/C24H45N5O3S/c1-16-8-9-19(27-23(30)17-5-3-7-20(13-17)33(2,31)32)14-22(16)29-24-26-12-10-21(28-24)18-6-4-11-25-15-18/h16-22,24-26,28-29H,3-15H2,1-2H3,(H,27,30). The largest absolute Gasteiger partial charge is 0.353 e. The SMILES string of the molecule is CC1CCC(NC(=O)C2CCCC(S(C)(=O)=O)C2)CC1NC1NCCC(C2CCCNC2)N1. The zero-order valence-electron chi connectivity index (χ0n) is 20.4. The second-order valence-electron chi connectivity index (χ2n) is 11.1. The minimum atomic E-state index is -3.08. The Morgan fingerprint density at radius 2 is 1.82 bits per heavy atom. The Balaban J connectivity index is 1.27. The van der Waals surface area contributed by atoms with Crippen molar-refractivity contribution in [1.82, 2.24) is 26.6 Å². The van der Waals surface area contributed by atoms with E-state index in [0.29, 0.717) is 36.8 Å². The number of carbonyl (C=O) groups is 1. The molecule has 8 nitrogen and oxygen atoms in total. The first kappa shape index (κ1) is 25.4. The molecule has 33 heavy (non-hydrogen) atoms. The molecule has 0 radical (unpaired) electrons. The van der Waals surface area contributed by atoms with Crippen LogP contribution < -0.4 is 26.6 Å². The average Bonchev–Trinajstić information content (AvgIpc) is 2.81. The van der Waals surface area contributed by atoms with Crippen LogP contribution in [0.15, 0.2) is 0 Å². The molecule has 8 unspecified atom stereocenters. The molecule has 2 heterocycles. The third-order valence-electron chi connectivity index (χ3n) is 8.61. The van der Waals surface area contributed by atoms with Gasteiger partial charge in [-0.25, -0.2) is 8.42 Å². The monoisotopic (exact) mass is 483 g/mol. The molecule has 4 fully saturated rings. The van der Waals surface area contributed by atoms with E-state index < -0.39 is 9.84 Å². The Morgan fingerprint density at radius 3 is 2.58 bits per heavy atom. The second kappa shape index (κ2) is 11.3. The van der Waals surface area contributed by atoms with E-state index in [0.717, 1.165) is 51.7 Å². The fourth-order valence-corrected chi connectivity index (χ4v) is 7.61. The Bertz CT molecular complexity index is 757. The maximum atomic E-state index is 13.0. The molecule has 2 aliphatic carbocycles. The summed E-state index contributed by atoms with van der Waals surface area (Å²) in [6.45, 7) is 5.58. The van der Waals surface area contributed by atoms with Crippen LogP contribution in [0.25, 0.3) is 0 Å². The highest BCUT2D eigenvalue weighted by Crippen LogP contribution is 2.30. The molecule has 0 spiro atoms. The summed E-state index contributed by atoms with van der Waals surface area (Å²) >= 11 is 0. The molecular formula is C24H45N5O3S. The van der Waals surface area contributed by atoms with Gasteiger partial charge in [0.15, 0.2) is 0 Å². The van der Waals surface area contributed by atoms with Crippen LogP contribution in [0.2, 0.25) is 0 Å². The lowest BCUT2D eigenvalue weighted by atomic mass is 9.82. The Morgan fingerprint density at radius 1 is 0.970 bits per heavy atom. The topological polar surface area (TPSA) is 111 Å². The van der Waals surface area contributed by atoms with Crippen molar-refractivity contribution in [2.75, 3.05) is 25.9 Å². The fraction of sp³-hybridized carbons (Fsp3) is 0.958. The number of carbonyl (C=O) groups excluding carboxylic acids is 1. The van der Waals surface area contributed by atoms with Crippen LogP contribution in [0, 0.1) is 17.8 Å². The van der Waals surface area contributed by atoms with Crippen molar-refractivity contribution >= 4 is 15.7 Å². The van der Waals surface area contributed by atoms with Crippen LogP contribution in [-0.4, -0.2) is 69.9 Å². The summed E-state index contributed by atoms with van der Waals surface area (Å²) in [5.41, 5.74) is 0. The minimum absolute atomic E-state index is 0.0560. The zero-order chi connectivity index (χ0) is 23.4. The maximum absolute atomic E-state index is 13.0. The summed E-state index contributed by atoms with van der Waals surface area (Å²) in [5, 5.41) is 17.7. The summed E-state index contributed by atoms with van der Waals surface area (Å²) in [6.07, 6.45) is 10.9. The molecule has 2 saturated heterocycles. The number of amides is 1. The first-order chi connectivity index (χ1) is 15.8. The second-order valence-corrected chi connectivity index (χ2v) is 13.5. The average molecular weight is 484 g/mol. The van der Waals surface area contributed by atoms with Crippen molar-refractivity contribution in [3.63, 3.8) is 0 Å². The van der Waals surface area contributed by atoms with E-state index in [1.54, 1.807) is 0 Å². The highest BCUT2D eigenvalue weighted by Gasteiger charge is 2.36. The summed E-state index contributed by atoms with van der Waals surface area (Å²) in [5.74, 6) is 1.14. The van der Waals surface area contributed by atoms with E-state index >= 15 is 0 Å². The molecule has 0 aromatic heterocycles. The summed E-state index contributed by atoms with van der Waals surface area (Å²) in [4.78, 5) is 13.0. The van der Waals surface area contributed by atoms with Gasteiger partial charge in [0, 0.05) is 30.3 Å². The lowest BCUT2D eigenvalue weighted by Gasteiger charge is -2.43. The normalized spacial score (nSPS) is 40.8. The molecule has 1 amide bonds. The Labute approximate surface area is 200 Å². The van der Waals surface area contributed by atoms with Gasteiger partial charge in [-0.15, -0.1) is 0 Å². The van der Waals surface area contributed by atoms with Crippen molar-refractivity contribution in [2.24, 2.45) is 17.8 Å². The number of hydrogen-bond donors (Lipinski definition) is 5. The molecular weight excluding hydrogens is 438 g/mol. The van der Waals surface area contributed by atoms with E-state index in [1.807, 2.05) is 0 Å². The van der Waals surface area contributed by atoms with Crippen LogP contribution in [0.5, 0.6) is 0 Å². The highest BCUT2D eigenvalue weighted by molar-refractivity contribution is 7.91. The molecule has 0 aromatic rings. The molecule has 9 heteroatoms. The van der Waals surface area contributed by atoms with Crippen molar-refractivity contribution in [3.05, 3.63) is 0 Å². The minimum Gasteiger partial charge on any atom is -0.353 e. The highest BCUT2D eigenvalue weighted by atomic mass is 32.2. The molecule has 5 N–H and O–H groups in total. The molecule has 2 aliphatic heterocycles. The lowest BCUT2D eigenvalue weighted by Crippen LogP contribution is -2.66.